The molecule has 0 aliphatic carbocycles. The fourth-order valence-corrected chi connectivity index (χ4v) is 2.80. The van der Waals surface area contributed by atoms with Gasteiger partial charge in [0.15, 0.2) is 0 Å². The summed E-state index contributed by atoms with van der Waals surface area (Å²) < 4.78 is 16.2. The van der Waals surface area contributed by atoms with Crippen molar-refractivity contribution in [2.24, 2.45) is 0 Å². The first-order valence-corrected chi connectivity index (χ1v) is 7.54. The van der Waals surface area contributed by atoms with Crippen molar-refractivity contribution in [2.45, 2.75) is 19.9 Å². The van der Waals surface area contributed by atoms with E-state index in [1.165, 1.54) is 12.1 Å². The maximum atomic E-state index is 13.4. The van der Waals surface area contributed by atoms with E-state index in [-0.39, 0.29) is 11.6 Å². The third kappa shape index (κ3) is 2.53. The average Bonchev–Trinajstić information content (AvgIpc) is 2.77. The number of phenols is 1. The number of imidazole rings is 1. The van der Waals surface area contributed by atoms with Gasteiger partial charge in [-0.3, -0.25) is 0 Å². The van der Waals surface area contributed by atoms with Crippen LogP contribution in [0, 0.1) is 5.82 Å². The summed E-state index contributed by atoms with van der Waals surface area (Å²) in [4.78, 5) is 4.50. The highest BCUT2D eigenvalue weighted by atomic mass is 79.9. The average molecular weight is 349 g/mol. The van der Waals surface area contributed by atoms with E-state index < -0.39 is 0 Å². The van der Waals surface area contributed by atoms with Gasteiger partial charge in [-0.05, 0) is 36.8 Å². The Hall–Kier alpha value is -1.88. The van der Waals surface area contributed by atoms with Crippen molar-refractivity contribution < 1.29 is 9.50 Å². The van der Waals surface area contributed by atoms with Crippen molar-refractivity contribution in [3.8, 4) is 17.1 Å². The normalized spacial score (nSPS) is 11.2. The van der Waals surface area contributed by atoms with Crippen LogP contribution in [-0.4, -0.2) is 14.7 Å². The summed E-state index contributed by atoms with van der Waals surface area (Å²) in [6.45, 7) is 2.83. The van der Waals surface area contributed by atoms with E-state index in [9.17, 15) is 9.50 Å². The van der Waals surface area contributed by atoms with Crippen LogP contribution in [0.5, 0.6) is 5.75 Å². The molecule has 1 heterocycles. The summed E-state index contributed by atoms with van der Waals surface area (Å²) in [7, 11) is 0. The number of hydrogen-bond donors (Lipinski definition) is 1. The zero-order chi connectivity index (χ0) is 15.0. The van der Waals surface area contributed by atoms with Crippen LogP contribution in [-0.2, 0) is 6.54 Å². The Morgan fingerprint density at radius 2 is 2.05 bits per heavy atom. The number of fused-ring (bicyclic) bond motifs is 1. The van der Waals surface area contributed by atoms with Crippen LogP contribution < -0.4 is 0 Å². The number of benzene rings is 2. The maximum absolute atomic E-state index is 13.4. The molecule has 0 aliphatic rings. The van der Waals surface area contributed by atoms with E-state index >= 15 is 0 Å². The molecule has 0 fully saturated rings. The number of hydrogen-bond acceptors (Lipinski definition) is 2. The number of aromatic hydroxyl groups is 1. The second-order valence-electron chi connectivity index (χ2n) is 4.88. The molecular formula is C16H14BrFN2O. The zero-order valence-corrected chi connectivity index (χ0v) is 13.1. The van der Waals surface area contributed by atoms with Gasteiger partial charge < -0.3 is 9.67 Å². The summed E-state index contributed by atoms with van der Waals surface area (Å²) >= 11 is 3.33. The van der Waals surface area contributed by atoms with Gasteiger partial charge in [0.1, 0.15) is 17.4 Å². The lowest BCUT2D eigenvalue weighted by Gasteiger charge is -2.09. The number of rotatable bonds is 3. The SMILES string of the molecule is CCCn1c(-c2ccc(Br)cc2O)nc2cc(F)ccc21. The molecule has 3 aromatic rings. The third-order valence-corrected chi connectivity index (χ3v) is 3.85. The van der Waals surface area contributed by atoms with Crippen LogP contribution in [0.4, 0.5) is 4.39 Å². The molecule has 0 unspecified atom stereocenters. The molecule has 2 aromatic carbocycles. The van der Waals surface area contributed by atoms with Crippen LogP contribution >= 0.6 is 15.9 Å². The van der Waals surface area contributed by atoms with Gasteiger partial charge in [-0.2, -0.15) is 0 Å². The minimum Gasteiger partial charge on any atom is -0.507 e. The van der Waals surface area contributed by atoms with E-state index in [2.05, 4.69) is 27.8 Å². The third-order valence-electron chi connectivity index (χ3n) is 3.36. The summed E-state index contributed by atoms with van der Waals surface area (Å²) in [5, 5.41) is 10.2. The van der Waals surface area contributed by atoms with E-state index in [4.69, 9.17) is 0 Å². The molecule has 0 aliphatic heterocycles. The first-order valence-electron chi connectivity index (χ1n) is 6.75. The number of aryl methyl sites for hydroxylation is 1. The lowest BCUT2D eigenvalue weighted by atomic mass is 10.2. The number of nitrogens with zero attached hydrogens (tertiary/aromatic N) is 2. The number of phenolic OH excluding ortho intramolecular Hbond substituents is 1. The number of halogens is 2. The highest BCUT2D eigenvalue weighted by Gasteiger charge is 2.15. The van der Waals surface area contributed by atoms with E-state index in [0.717, 1.165) is 23.0 Å². The number of aromatic nitrogens is 2. The summed E-state index contributed by atoms with van der Waals surface area (Å²) in [6.07, 6.45) is 0.924. The molecule has 0 amide bonds. The van der Waals surface area contributed by atoms with E-state index in [1.54, 1.807) is 12.1 Å². The van der Waals surface area contributed by atoms with Gasteiger partial charge in [-0.15, -0.1) is 0 Å². The Morgan fingerprint density at radius 1 is 1.24 bits per heavy atom. The minimum atomic E-state index is -0.310. The molecule has 0 saturated carbocycles. The van der Waals surface area contributed by atoms with Crippen molar-refractivity contribution in [3.63, 3.8) is 0 Å². The predicted molar refractivity (Wildman–Crippen MR) is 84.8 cm³/mol. The summed E-state index contributed by atoms with van der Waals surface area (Å²) in [5.74, 6) is 0.496. The van der Waals surface area contributed by atoms with Crippen LogP contribution in [0.25, 0.3) is 22.4 Å². The second kappa shape index (κ2) is 5.48. The van der Waals surface area contributed by atoms with E-state index in [0.29, 0.717) is 16.9 Å². The molecule has 1 N–H and O–H groups in total. The first kappa shape index (κ1) is 14.1. The standard InChI is InChI=1S/C16H14BrFN2O/c1-2-7-20-14-6-4-11(18)9-13(14)19-16(20)12-5-3-10(17)8-15(12)21/h3-6,8-9,21H,2,7H2,1H3. The summed E-state index contributed by atoms with van der Waals surface area (Å²) in [5.41, 5.74) is 2.11. The molecule has 5 heteroatoms. The van der Waals surface area contributed by atoms with Crippen LogP contribution in [0.15, 0.2) is 40.9 Å². The van der Waals surface area contributed by atoms with Gasteiger partial charge in [0.2, 0.25) is 0 Å². The molecule has 3 rings (SSSR count). The Morgan fingerprint density at radius 3 is 2.76 bits per heavy atom. The Labute approximate surface area is 130 Å². The molecule has 0 bridgehead atoms. The van der Waals surface area contributed by atoms with Crippen LogP contribution in [0.1, 0.15) is 13.3 Å². The molecule has 0 saturated heterocycles. The Balaban J connectivity index is 2.27. The van der Waals surface area contributed by atoms with Crippen molar-refractivity contribution in [1.82, 2.24) is 9.55 Å². The molecule has 3 nitrogen and oxygen atoms in total. The fourth-order valence-electron chi connectivity index (χ4n) is 2.45. The lowest BCUT2D eigenvalue weighted by molar-refractivity contribution is 0.476. The second-order valence-corrected chi connectivity index (χ2v) is 5.80. The fraction of sp³-hybridized carbons (Fsp3) is 0.188. The quantitative estimate of drug-likeness (QED) is 0.743. The maximum Gasteiger partial charge on any atom is 0.144 e. The van der Waals surface area contributed by atoms with E-state index in [1.807, 2.05) is 16.7 Å². The predicted octanol–water partition coefficient (Wildman–Crippen LogP) is 4.72. The lowest BCUT2D eigenvalue weighted by Crippen LogP contribution is -1.99. The molecule has 0 atom stereocenters. The van der Waals surface area contributed by atoms with Gasteiger partial charge in [0.05, 0.1) is 16.6 Å². The highest BCUT2D eigenvalue weighted by molar-refractivity contribution is 9.10. The Bertz CT molecular complexity index is 813. The van der Waals surface area contributed by atoms with Crippen molar-refractivity contribution in [3.05, 3.63) is 46.7 Å². The topological polar surface area (TPSA) is 38.0 Å². The largest absolute Gasteiger partial charge is 0.507 e. The monoisotopic (exact) mass is 348 g/mol. The molecule has 0 spiro atoms. The van der Waals surface area contributed by atoms with Crippen molar-refractivity contribution in [1.29, 1.82) is 0 Å². The van der Waals surface area contributed by atoms with Crippen LogP contribution in [0.2, 0.25) is 0 Å². The molecule has 108 valence electrons. The minimum absolute atomic E-state index is 0.150. The zero-order valence-electron chi connectivity index (χ0n) is 11.5. The van der Waals surface area contributed by atoms with Crippen molar-refractivity contribution in [2.75, 3.05) is 0 Å². The van der Waals surface area contributed by atoms with Gasteiger partial charge in [-0.25, -0.2) is 9.37 Å². The molecule has 21 heavy (non-hydrogen) atoms. The molecule has 0 radical (unpaired) electrons. The van der Waals surface area contributed by atoms with Gasteiger partial charge in [0, 0.05) is 17.1 Å². The molecular weight excluding hydrogens is 335 g/mol. The Kier molecular flexibility index (Phi) is 3.68. The van der Waals surface area contributed by atoms with Gasteiger partial charge >= 0.3 is 0 Å². The summed E-state index contributed by atoms with van der Waals surface area (Å²) in [6, 6.07) is 9.87. The van der Waals surface area contributed by atoms with Gasteiger partial charge in [-0.1, -0.05) is 22.9 Å². The van der Waals surface area contributed by atoms with Crippen LogP contribution in [0.3, 0.4) is 0 Å². The molecule has 1 aromatic heterocycles. The highest BCUT2D eigenvalue weighted by Crippen LogP contribution is 2.33. The van der Waals surface area contributed by atoms with Gasteiger partial charge in [0.25, 0.3) is 0 Å². The van der Waals surface area contributed by atoms with Crippen molar-refractivity contribution >= 4 is 27.0 Å². The smallest absolute Gasteiger partial charge is 0.144 e. The first-order chi connectivity index (χ1) is 10.1.